The van der Waals surface area contributed by atoms with Gasteiger partial charge in [0.2, 0.25) is 11.2 Å². The highest BCUT2D eigenvalue weighted by Gasteiger charge is 2.25. The van der Waals surface area contributed by atoms with Gasteiger partial charge >= 0.3 is 0 Å². The number of aromatic amines is 3. The molecule has 0 aliphatic rings. The summed E-state index contributed by atoms with van der Waals surface area (Å²) >= 11 is 9.03. The molecule has 0 radical (unpaired) electrons. The van der Waals surface area contributed by atoms with Crippen LogP contribution < -0.4 is 0 Å². The number of nitrogens with one attached hydrogen (secondary N) is 3. The molecule has 0 aliphatic carbocycles. The Kier molecular flexibility index (Phi) is 16.6. The van der Waals surface area contributed by atoms with E-state index in [0.717, 1.165) is 126 Å². The number of aromatic nitrogens is 12. The Morgan fingerprint density at radius 3 is 0.875 bits per heavy atom. The van der Waals surface area contributed by atoms with Gasteiger partial charge in [-0.3, -0.25) is 4.57 Å². The van der Waals surface area contributed by atoms with Crippen molar-refractivity contribution < 1.29 is 20.6 Å². The molecule has 0 saturated heterocycles. The van der Waals surface area contributed by atoms with Gasteiger partial charge in [0.05, 0.1) is 53.7 Å². The summed E-state index contributed by atoms with van der Waals surface area (Å²) in [6.07, 6.45) is 0. The minimum absolute atomic E-state index is 0.105. The molecular weight excluding hydrogens is 1650 g/mol. The predicted molar refractivity (Wildman–Crippen MR) is 535 cm³/mol. The molecule has 26 aromatic rings. The third-order valence-corrected chi connectivity index (χ3v) is 23.4. The molecular formula is C114H76BrClN12. The van der Waals surface area contributed by atoms with Crippen molar-refractivity contribution in [3.63, 3.8) is 0 Å². The Morgan fingerprint density at radius 2 is 0.484 bits per heavy atom. The quantitative estimate of drug-likeness (QED) is 0.132. The van der Waals surface area contributed by atoms with Gasteiger partial charge in [-0.25, -0.2) is 9.97 Å². The zero-order valence-corrected chi connectivity index (χ0v) is 70.1. The molecule has 0 bridgehead atoms. The number of para-hydroxylation sites is 8. The molecule has 14 heteroatoms. The average Bonchev–Trinajstić information content (AvgIpc) is 1.53. The normalized spacial score (nSPS) is 13.0. The van der Waals surface area contributed by atoms with Crippen molar-refractivity contribution in [1.29, 1.82) is 0 Å². The molecule has 3 N–H and O–H groups in total. The summed E-state index contributed by atoms with van der Waals surface area (Å²) in [7, 11) is 0. The highest BCUT2D eigenvalue weighted by Crippen LogP contribution is 2.45. The summed E-state index contributed by atoms with van der Waals surface area (Å²) in [5.41, 5.74) is 19.9. The Balaban J connectivity index is 0.000000112. The van der Waals surface area contributed by atoms with Crippen LogP contribution in [0.4, 0.5) is 0 Å². The summed E-state index contributed by atoms with van der Waals surface area (Å²) in [5.74, 6) is 2.67. The maximum absolute atomic E-state index is 8.89. The second-order valence-corrected chi connectivity index (χ2v) is 31.4. The third kappa shape index (κ3) is 14.7. The van der Waals surface area contributed by atoms with E-state index in [2.05, 4.69) is 178 Å². The van der Waals surface area contributed by atoms with Crippen molar-refractivity contribution in [2.75, 3.05) is 0 Å². The molecule has 0 fully saturated rings. The Labute approximate surface area is 770 Å². The van der Waals surface area contributed by atoms with E-state index in [-0.39, 0.29) is 99.7 Å². The highest BCUT2D eigenvalue weighted by molar-refractivity contribution is 9.10. The van der Waals surface area contributed by atoms with Crippen LogP contribution in [-0.2, 0) is 0 Å². The van der Waals surface area contributed by atoms with Gasteiger partial charge in [0.15, 0.2) is 23.3 Å². The number of hydrogen-bond donors (Lipinski definition) is 3. The van der Waals surface area contributed by atoms with Gasteiger partial charge < -0.3 is 24.1 Å². The number of fused-ring (bicyclic) bond motifs is 21. The first-order valence-corrected chi connectivity index (χ1v) is 42.5. The van der Waals surface area contributed by atoms with E-state index >= 15 is 0 Å². The minimum atomic E-state index is -0.427. The van der Waals surface area contributed by atoms with E-state index in [1.807, 2.05) is 224 Å². The largest absolute Gasteiger partial charge is 0.354 e. The van der Waals surface area contributed by atoms with Crippen molar-refractivity contribution in [3.8, 4) is 85.1 Å². The molecule has 12 nitrogen and oxygen atoms in total. The monoisotopic (exact) mass is 1740 g/mol. The molecule has 0 amide bonds. The second-order valence-electron chi connectivity index (χ2n) is 30.3. The average molecular weight is 1740 g/mol. The van der Waals surface area contributed by atoms with Crippen LogP contribution in [0.1, 0.15) is 20.6 Å². The summed E-state index contributed by atoms with van der Waals surface area (Å²) in [6, 6.07) is 113. The molecule has 8 heterocycles. The SMILES string of the molecule is Clc1nc(-c2ccccc2)nc(-c2ccc(-c3ccccc3)cc2)n1.[2H]c1c([2H])c([2H])c(-n2c3ccccc3c3c4c(ccc32)[nH]c2ccccc24)c([2H])c1[2H].[2H]c1c([2H])c([2H])c(-n2c3ccccc3c3c4c5ccccc5n(-c5nc(-c6ccccc6)nc(-c6ccc(-c7ccccc7)cc6)n5)c4ccc32)c([2H])c1[2H].[2H]c1c([2H])c([2H])c(Br)c([2H])c1[2H].c1ccc2c(c1)[nH]c1ccc3[nH]c4ccccc4c3c12. The molecule has 606 valence electrons. The standard InChI is InChI=1S/C45H29N5.C24H16N2.C21H14ClN3.C18H12N2.C6H5Br/c1-4-14-30(15-5-1)31-24-26-33(27-25-31)44-46-43(32-16-6-2-7-17-32)47-45(48-44)50-38-23-13-11-21-36(38)42-40(50)29-28-39-41(42)35-20-10-12-22-37(35)49(39)34-18-8-3-9-19-34;1-2-8-16(9-3-1)26-21-13-7-5-11-18(21)24-22(26)15-14-20-23(24)17-10-4-6-12-19(17)25-20;22-21-24-19(17-9-5-2-6-10-17)23-20(25-21)18-13-11-16(12-14-18)15-7-3-1-4-8-15;1-3-7-13-11(5-1)17-15(19-13)9-10-16-18(17)12-6-2-4-8-14(12)20-16;7-6-4-2-1-3-5-6/h1-29H;1-15,25H;1-14H;1-10,19-20H;1-5H/i3D,8D,9D,18D,19D;1D,2D,3D,8D,9D;;;1D,2D,3D,4D,5D. The van der Waals surface area contributed by atoms with E-state index in [1.165, 1.54) is 49.2 Å². The Morgan fingerprint density at radius 1 is 0.219 bits per heavy atom. The highest BCUT2D eigenvalue weighted by atomic mass is 79.9. The van der Waals surface area contributed by atoms with Crippen molar-refractivity contribution in [3.05, 3.63) is 452 Å². The smallest absolute Gasteiger partial charge is 0.238 e. The van der Waals surface area contributed by atoms with Crippen molar-refractivity contribution in [2.24, 2.45) is 0 Å². The van der Waals surface area contributed by atoms with Crippen molar-refractivity contribution in [1.82, 2.24) is 58.6 Å². The van der Waals surface area contributed by atoms with Crippen LogP contribution in [0.3, 0.4) is 0 Å². The zero-order valence-electron chi connectivity index (χ0n) is 82.8. The molecule has 128 heavy (non-hydrogen) atoms. The van der Waals surface area contributed by atoms with E-state index in [1.54, 1.807) is 9.13 Å². The number of hydrogen-bond acceptors (Lipinski definition) is 6. The number of H-pyrrole nitrogens is 3. The van der Waals surface area contributed by atoms with Crippen LogP contribution in [0, 0.1) is 0 Å². The van der Waals surface area contributed by atoms with Gasteiger partial charge in [-0.05, 0) is 143 Å². The summed E-state index contributed by atoms with van der Waals surface area (Å²) in [4.78, 5) is 38.8. The van der Waals surface area contributed by atoms with Crippen LogP contribution >= 0.6 is 27.5 Å². The molecule has 0 atom stereocenters. The first kappa shape index (κ1) is 62.6. The van der Waals surface area contributed by atoms with Crippen LogP contribution in [0.2, 0.25) is 5.28 Å². The van der Waals surface area contributed by atoms with E-state index in [0.29, 0.717) is 29.2 Å². The van der Waals surface area contributed by atoms with Gasteiger partial charge in [-0.15, -0.1) is 0 Å². The van der Waals surface area contributed by atoms with Crippen LogP contribution in [0.15, 0.2) is 447 Å². The fraction of sp³-hybridized carbons (Fsp3) is 0. The lowest BCUT2D eigenvalue weighted by molar-refractivity contribution is 0.953. The van der Waals surface area contributed by atoms with Crippen LogP contribution in [-0.4, -0.2) is 58.6 Å². The first-order valence-electron chi connectivity index (χ1n) is 48.8. The molecule has 8 aromatic heterocycles. The predicted octanol–water partition coefficient (Wildman–Crippen LogP) is 30.4. The van der Waals surface area contributed by atoms with Crippen molar-refractivity contribution >= 4 is 158 Å². The molecule has 0 unspecified atom stereocenters. The molecule has 0 saturated carbocycles. The zero-order chi connectivity index (χ0) is 98.4. The Hall–Kier alpha value is -16.5. The molecule has 26 rings (SSSR count). The topological polar surface area (TPSA) is 140 Å². The minimum Gasteiger partial charge on any atom is -0.354 e. The fourth-order valence-corrected chi connectivity index (χ4v) is 17.6. The Bertz CT molecular complexity index is 9330. The van der Waals surface area contributed by atoms with E-state index < -0.39 is 12.1 Å². The molecule has 0 aliphatic heterocycles. The molecule has 18 aromatic carbocycles. The lowest BCUT2D eigenvalue weighted by Crippen LogP contribution is -2.06. The van der Waals surface area contributed by atoms with Crippen LogP contribution in [0.5, 0.6) is 0 Å². The van der Waals surface area contributed by atoms with Gasteiger partial charge in [0.1, 0.15) is 0 Å². The summed E-state index contributed by atoms with van der Waals surface area (Å²) in [6.45, 7) is 0. The van der Waals surface area contributed by atoms with Crippen LogP contribution in [0.25, 0.3) is 216 Å². The van der Waals surface area contributed by atoms with Gasteiger partial charge in [-0.2, -0.15) is 19.9 Å². The third-order valence-electron chi connectivity index (χ3n) is 22.8. The maximum atomic E-state index is 8.89. The number of benzene rings is 18. The van der Waals surface area contributed by atoms with Crippen molar-refractivity contribution in [2.45, 2.75) is 0 Å². The maximum Gasteiger partial charge on any atom is 0.238 e. The first-order chi connectivity index (χ1) is 69.5. The lowest BCUT2D eigenvalue weighted by Gasteiger charge is -2.11. The van der Waals surface area contributed by atoms with Gasteiger partial charge in [-0.1, -0.05) is 349 Å². The number of nitrogens with zero attached hydrogens (tertiary/aromatic N) is 9. The fourth-order valence-electron chi connectivity index (χ4n) is 17.2. The van der Waals surface area contributed by atoms with Gasteiger partial charge in [0, 0.05) is 136 Å². The van der Waals surface area contributed by atoms with E-state index in [4.69, 9.17) is 47.1 Å². The summed E-state index contributed by atoms with van der Waals surface area (Å²) in [5, 5.41) is 13.2. The molecule has 0 spiro atoms. The lowest BCUT2D eigenvalue weighted by atomic mass is 10.0. The summed E-state index contributed by atoms with van der Waals surface area (Å²) < 4.78 is 126. The van der Waals surface area contributed by atoms with Gasteiger partial charge in [0.25, 0.3) is 0 Å². The second kappa shape index (κ2) is 34.0. The number of rotatable bonds is 9. The number of halogens is 2. The van der Waals surface area contributed by atoms with E-state index in [9.17, 15) is 0 Å².